The van der Waals surface area contributed by atoms with Gasteiger partial charge in [-0.3, -0.25) is 0 Å². The van der Waals surface area contributed by atoms with E-state index in [1.165, 1.54) is 5.56 Å². The molecule has 130 valence electrons. The highest BCUT2D eigenvalue weighted by Crippen LogP contribution is 2.27. The second-order valence-electron chi connectivity index (χ2n) is 5.30. The maximum atomic E-state index is 5.34. The lowest BCUT2D eigenvalue weighted by atomic mass is 10.1. The molecule has 0 radical (unpaired) electrons. The highest BCUT2D eigenvalue weighted by molar-refractivity contribution is 5.48. The fourth-order valence-corrected chi connectivity index (χ4v) is 2.54. The molecule has 1 heterocycles. The Morgan fingerprint density at radius 2 is 1.75 bits per heavy atom. The number of anilines is 2. The Morgan fingerprint density at radius 3 is 2.42 bits per heavy atom. The molecule has 2 aromatic rings. The van der Waals surface area contributed by atoms with E-state index in [4.69, 9.17) is 9.47 Å². The third kappa shape index (κ3) is 4.50. The predicted octanol–water partition coefficient (Wildman–Crippen LogP) is 2.99. The van der Waals surface area contributed by atoms with E-state index in [1.807, 2.05) is 24.3 Å². The average Bonchev–Trinajstić information content (AvgIpc) is 2.63. The number of benzene rings is 1. The zero-order valence-electron chi connectivity index (χ0n) is 14.9. The van der Waals surface area contributed by atoms with Crippen LogP contribution in [0.2, 0.25) is 0 Å². The molecule has 0 spiro atoms. The van der Waals surface area contributed by atoms with Crippen LogP contribution in [0.1, 0.15) is 19.4 Å². The molecule has 0 fully saturated rings. The Balaban J connectivity index is 1.96. The molecule has 1 aromatic heterocycles. The Labute approximate surface area is 143 Å². The normalized spacial score (nSPS) is 10.3. The summed E-state index contributed by atoms with van der Waals surface area (Å²) in [6.45, 7) is 6.88. The van der Waals surface area contributed by atoms with Gasteiger partial charge in [0.15, 0.2) is 11.5 Å². The summed E-state index contributed by atoms with van der Waals surface area (Å²) in [6.07, 6.45) is 2.47. The Kier molecular flexibility index (Phi) is 6.66. The van der Waals surface area contributed by atoms with Crippen LogP contribution in [0.25, 0.3) is 0 Å². The van der Waals surface area contributed by atoms with Gasteiger partial charge in [-0.05, 0) is 38.0 Å². The largest absolute Gasteiger partial charge is 0.493 e. The summed E-state index contributed by atoms with van der Waals surface area (Å²) in [4.78, 5) is 10.8. The average molecular weight is 330 g/mol. The lowest BCUT2D eigenvalue weighted by Crippen LogP contribution is -2.23. The first-order valence-corrected chi connectivity index (χ1v) is 8.23. The van der Waals surface area contributed by atoms with E-state index in [2.05, 4.69) is 34.0 Å². The smallest absolute Gasteiger partial charge is 0.160 e. The van der Waals surface area contributed by atoms with Gasteiger partial charge in [0.25, 0.3) is 0 Å². The van der Waals surface area contributed by atoms with Crippen molar-refractivity contribution in [2.24, 2.45) is 0 Å². The van der Waals surface area contributed by atoms with Gasteiger partial charge in [0.1, 0.15) is 18.0 Å². The molecule has 6 nitrogen and oxygen atoms in total. The summed E-state index contributed by atoms with van der Waals surface area (Å²) >= 11 is 0. The van der Waals surface area contributed by atoms with E-state index in [0.29, 0.717) is 0 Å². The van der Waals surface area contributed by atoms with Gasteiger partial charge in [0.05, 0.1) is 14.2 Å². The van der Waals surface area contributed by atoms with Crippen molar-refractivity contribution in [3.8, 4) is 11.5 Å². The molecule has 0 atom stereocenters. The predicted molar refractivity (Wildman–Crippen MR) is 97.3 cm³/mol. The molecule has 0 unspecified atom stereocenters. The fourth-order valence-electron chi connectivity index (χ4n) is 2.54. The number of hydrogen-bond donors (Lipinski definition) is 1. The quantitative estimate of drug-likeness (QED) is 0.763. The van der Waals surface area contributed by atoms with Gasteiger partial charge in [0.2, 0.25) is 0 Å². The maximum absolute atomic E-state index is 5.34. The summed E-state index contributed by atoms with van der Waals surface area (Å²) in [7, 11) is 3.29. The van der Waals surface area contributed by atoms with Gasteiger partial charge in [-0.15, -0.1) is 0 Å². The molecule has 0 amide bonds. The van der Waals surface area contributed by atoms with E-state index in [-0.39, 0.29) is 0 Å². The van der Waals surface area contributed by atoms with Crippen LogP contribution >= 0.6 is 0 Å². The molecule has 24 heavy (non-hydrogen) atoms. The van der Waals surface area contributed by atoms with Crippen LogP contribution in [0.4, 0.5) is 11.6 Å². The number of rotatable bonds is 9. The number of hydrogen-bond acceptors (Lipinski definition) is 6. The minimum atomic E-state index is 0.744. The molecule has 0 aliphatic carbocycles. The van der Waals surface area contributed by atoms with Gasteiger partial charge < -0.3 is 19.7 Å². The Bertz CT molecular complexity index is 645. The van der Waals surface area contributed by atoms with Crippen LogP contribution in [0.3, 0.4) is 0 Å². The topological polar surface area (TPSA) is 59.5 Å². The summed E-state index contributed by atoms with van der Waals surface area (Å²) < 4.78 is 10.6. The molecule has 2 rings (SSSR count). The van der Waals surface area contributed by atoms with Crippen molar-refractivity contribution >= 4 is 11.6 Å². The van der Waals surface area contributed by atoms with Crippen molar-refractivity contribution in [2.75, 3.05) is 44.1 Å². The third-order valence-electron chi connectivity index (χ3n) is 3.91. The van der Waals surface area contributed by atoms with Gasteiger partial charge in [-0.2, -0.15) is 0 Å². The lowest BCUT2D eigenvalue weighted by molar-refractivity contribution is 0.354. The first-order chi connectivity index (χ1) is 11.7. The molecular formula is C18H26N4O2. The summed E-state index contributed by atoms with van der Waals surface area (Å²) in [5.41, 5.74) is 1.18. The van der Waals surface area contributed by atoms with E-state index >= 15 is 0 Å². The lowest BCUT2D eigenvalue weighted by Gasteiger charge is -2.19. The van der Waals surface area contributed by atoms with E-state index in [9.17, 15) is 0 Å². The summed E-state index contributed by atoms with van der Waals surface area (Å²) in [5, 5.41) is 3.35. The summed E-state index contributed by atoms with van der Waals surface area (Å²) in [5.74, 6) is 3.28. The van der Waals surface area contributed by atoms with E-state index in [1.54, 1.807) is 20.5 Å². The Morgan fingerprint density at radius 1 is 1.00 bits per heavy atom. The van der Waals surface area contributed by atoms with Crippen molar-refractivity contribution in [3.05, 3.63) is 36.2 Å². The van der Waals surface area contributed by atoms with Crippen LogP contribution in [0.15, 0.2) is 30.6 Å². The van der Waals surface area contributed by atoms with Crippen molar-refractivity contribution < 1.29 is 9.47 Å². The highest BCUT2D eigenvalue weighted by Gasteiger charge is 2.06. The molecule has 6 heteroatoms. The third-order valence-corrected chi connectivity index (χ3v) is 3.91. The molecule has 1 N–H and O–H groups in total. The first kappa shape index (κ1) is 17.8. The second kappa shape index (κ2) is 8.96. The van der Waals surface area contributed by atoms with Gasteiger partial charge in [-0.25, -0.2) is 9.97 Å². The van der Waals surface area contributed by atoms with Crippen LogP contribution in [-0.4, -0.2) is 43.8 Å². The molecule has 0 saturated heterocycles. The number of methoxy groups -OCH3 is 2. The number of aromatic nitrogens is 2. The highest BCUT2D eigenvalue weighted by atomic mass is 16.5. The Hall–Kier alpha value is -2.50. The first-order valence-electron chi connectivity index (χ1n) is 8.23. The van der Waals surface area contributed by atoms with E-state index in [0.717, 1.165) is 49.2 Å². The fraction of sp³-hybridized carbons (Fsp3) is 0.444. The van der Waals surface area contributed by atoms with Crippen LogP contribution in [0.5, 0.6) is 11.5 Å². The van der Waals surface area contributed by atoms with Crippen molar-refractivity contribution in [1.82, 2.24) is 9.97 Å². The molecule has 0 bridgehead atoms. The standard InChI is InChI=1S/C18H26N4O2/c1-5-22(6-2)18-12-17(20-13-21-18)19-10-9-14-7-8-15(23-3)16(11-14)24-4/h7-8,11-13H,5-6,9-10H2,1-4H3,(H,19,20,21). The minimum Gasteiger partial charge on any atom is -0.493 e. The summed E-state index contributed by atoms with van der Waals surface area (Å²) in [6, 6.07) is 7.96. The minimum absolute atomic E-state index is 0.744. The molecule has 1 aromatic carbocycles. The SMILES string of the molecule is CCN(CC)c1cc(NCCc2ccc(OC)c(OC)c2)ncn1. The van der Waals surface area contributed by atoms with Gasteiger partial charge in [0, 0.05) is 25.7 Å². The number of nitrogens with one attached hydrogen (secondary N) is 1. The molecule has 0 saturated carbocycles. The van der Waals surface area contributed by atoms with Crippen LogP contribution in [0, 0.1) is 0 Å². The van der Waals surface area contributed by atoms with Crippen LogP contribution < -0.4 is 19.7 Å². The molecular weight excluding hydrogens is 304 g/mol. The second-order valence-corrected chi connectivity index (χ2v) is 5.30. The number of ether oxygens (including phenoxy) is 2. The van der Waals surface area contributed by atoms with E-state index < -0.39 is 0 Å². The molecule has 0 aliphatic heterocycles. The maximum Gasteiger partial charge on any atom is 0.160 e. The van der Waals surface area contributed by atoms with Gasteiger partial charge >= 0.3 is 0 Å². The van der Waals surface area contributed by atoms with Crippen molar-refractivity contribution in [3.63, 3.8) is 0 Å². The van der Waals surface area contributed by atoms with Crippen molar-refractivity contribution in [2.45, 2.75) is 20.3 Å². The van der Waals surface area contributed by atoms with Gasteiger partial charge in [-0.1, -0.05) is 6.07 Å². The number of nitrogens with zero attached hydrogens (tertiary/aromatic N) is 3. The zero-order chi connectivity index (χ0) is 17.4. The molecule has 0 aliphatic rings. The van der Waals surface area contributed by atoms with Crippen molar-refractivity contribution in [1.29, 1.82) is 0 Å². The van der Waals surface area contributed by atoms with Crippen LogP contribution in [-0.2, 0) is 6.42 Å². The zero-order valence-corrected chi connectivity index (χ0v) is 14.9. The monoisotopic (exact) mass is 330 g/mol.